The summed E-state index contributed by atoms with van der Waals surface area (Å²) >= 11 is 0. The first-order valence-corrected chi connectivity index (χ1v) is 7.59. The van der Waals surface area contributed by atoms with Crippen molar-refractivity contribution in [3.63, 3.8) is 0 Å². The minimum absolute atomic E-state index is 0.0564. The predicted molar refractivity (Wildman–Crippen MR) is 92.5 cm³/mol. The summed E-state index contributed by atoms with van der Waals surface area (Å²) in [5.41, 5.74) is 18.1. The number of hydrogen-bond acceptors (Lipinski definition) is 3. The molecule has 0 atom stereocenters. The second-order valence-corrected chi connectivity index (χ2v) is 5.35. The smallest absolute Gasteiger partial charge is 0.223 e. The summed E-state index contributed by atoms with van der Waals surface area (Å²) in [6, 6.07) is 7.94. The highest BCUT2D eigenvalue weighted by Crippen LogP contribution is 2.21. The number of nitrogens with zero attached hydrogens (tertiary/aromatic N) is 4. The van der Waals surface area contributed by atoms with E-state index >= 15 is 0 Å². The predicted octanol–water partition coefficient (Wildman–Crippen LogP) is 0.438. The van der Waals surface area contributed by atoms with E-state index < -0.39 is 0 Å². The summed E-state index contributed by atoms with van der Waals surface area (Å²) in [7, 11) is 0. The van der Waals surface area contributed by atoms with Crippen molar-refractivity contribution in [1.82, 2.24) is 4.90 Å². The lowest BCUT2D eigenvalue weighted by molar-refractivity contribution is 0.258. The van der Waals surface area contributed by atoms with E-state index in [0.717, 1.165) is 31.9 Å². The average molecular weight is 303 g/mol. The van der Waals surface area contributed by atoms with Gasteiger partial charge in [-0.3, -0.25) is 4.90 Å². The van der Waals surface area contributed by atoms with E-state index in [-0.39, 0.29) is 11.9 Å². The zero-order valence-corrected chi connectivity index (χ0v) is 13.1. The first-order chi connectivity index (χ1) is 10.6. The number of nitrogens with two attached hydrogens (primary N) is 3. The molecule has 0 aliphatic carbocycles. The molecule has 0 saturated carbocycles. The van der Waals surface area contributed by atoms with Crippen LogP contribution in [0, 0.1) is 0 Å². The second kappa shape index (κ2) is 7.65. The molecule has 6 N–H and O–H groups in total. The highest BCUT2D eigenvalue weighted by molar-refractivity contribution is 5.93. The van der Waals surface area contributed by atoms with E-state index in [1.807, 2.05) is 12.1 Å². The third-order valence-corrected chi connectivity index (χ3v) is 3.61. The first-order valence-electron chi connectivity index (χ1n) is 7.59. The maximum atomic E-state index is 5.62. The lowest BCUT2D eigenvalue weighted by Crippen LogP contribution is -2.46. The van der Waals surface area contributed by atoms with Crippen LogP contribution in [0.2, 0.25) is 0 Å². The molecule has 2 rings (SSSR count). The monoisotopic (exact) mass is 303 g/mol. The van der Waals surface area contributed by atoms with Crippen LogP contribution in [0.5, 0.6) is 0 Å². The number of guanidine groups is 2. The Labute approximate surface area is 131 Å². The highest BCUT2D eigenvalue weighted by Gasteiger charge is 2.16. The summed E-state index contributed by atoms with van der Waals surface area (Å²) in [5, 5.41) is 0. The molecular formula is C15H25N7. The van der Waals surface area contributed by atoms with Crippen molar-refractivity contribution in [1.29, 1.82) is 0 Å². The lowest BCUT2D eigenvalue weighted by atomic mass is 10.2. The van der Waals surface area contributed by atoms with Gasteiger partial charge in [-0.1, -0.05) is 6.92 Å². The largest absolute Gasteiger partial charge is 0.370 e. The first kappa shape index (κ1) is 16.1. The van der Waals surface area contributed by atoms with Gasteiger partial charge >= 0.3 is 0 Å². The normalized spacial score (nSPS) is 16.6. The number of hydrogen-bond donors (Lipinski definition) is 3. The number of anilines is 1. The third kappa shape index (κ3) is 4.63. The number of benzene rings is 1. The van der Waals surface area contributed by atoms with Crippen molar-refractivity contribution in [3.8, 4) is 0 Å². The van der Waals surface area contributed by atoms with E-state index in [1.165, 1.54) is 18.7 Å². The van der Waals surface area contributed by atoms with E-state index in [1.54, 1.807) is 0 Å². The standard InChI is InChI=1S/C15H25N7/c1-2-7-21-8-10-22(11-9-21)13-5-3-12(4-6-13)19-15(18)20-14(16)17/h3-6H,2,7-11H2,1H3,(H6,16,17,18,19,20). The number of rotatable bonds is 4. The summed E-state index contributed by atoms with van der Waals surface area (Å²) in [4.78, 5) is 12.7. The number of piperazine rings is 1. The zero-order valence-electron chi connectivity index (χ0n) is 13.1. The van der Waals surface area contributed by atoms with Crippen LogP contribution in [0.3, 0.4) is 0 Å². The van der Waals surface area contributed by atoms with Crippen molar-refractivity contribution in [3.05, 3.63) is 24.3 Å². The quantitative estimate of drug-likeness (QED) is 0.552. The molecule has 120 valence electrons. The van der Waals surface area contributed by atoms with E-state index in [2.05, 4.69) is 38.8 Å². The molecule has 22 heavy (non-hydrogen) atoms. The van der Waals surface area contributed by atoms with Crippen LogP contribution in [0.4, 0.5) is 11.4 Å². The Morgan fingerprint density at radius 3 is 2.23 bits per heavy atom. The molecule has 0 radical (unpaired) electrons. The van der Waals surface area contributed by atoms with E-state index in [9.17, 15) is 0 Å². The fourth-order valence-electron chi connectivity index (χ4n) is 2.57. The molecule has 1 aromatic rings. The fourth-order valence-corrected chi connectivity index (χ4v) is 2.57. The van der Waals surface area contributed by atoms with E-state index in [0.29, 0.717) is 0 Å². The fraction of sp³-hybridized carbons (Fsp3) is 0.467. The van der Waals surface area contributed by atoms with Gasteiger partial charge in [-0.2, -0.15) is 4.99 Å². The van der Waals surface area contributed by atoms with Gasteiger partial charge in [-0.25, -0.2) is 4.99 Å². The van der Waals surface area contributed by atoms with Gasteiger partial charge in [0.1, 0.15) is 0 Å². The molecule has 7 nitrogen and oxygen atoms in total. The molecule has 1 heterocycles. The molecule has 0 amide bonds. The van der Waals surface area contributed by atoms with Gasteiger partial charge in [-0.05, 0) is 37.2 Å². The van der Waals surface area contributed by atoms with Gasteiger partial charge in [0, 0.05) is 31.9 Å². The van der Waals surface area contributed by atoms with Crippen molar-refractivity contribution in [2.45, 2.75) is 13.3 Å². The van der Waals surface area contributed by atoms with E-state index in [4.69, 9.17) is 17.2 Å². The summed E-state index contributed by atoms with van der Waals surface area (Å²) < 4.78 is 0. The van der Waals surface area contributed by atoms with Crippen LogP contribution < -0.4 is 22.1 Å². The van der Waals surface area contributed by atoms with Gasteiger partial charge < -0.3 is 22.1 Å². The summed E-state index contributed by atoms with van der Waals surface area (Å²) in [6.45, 7) is 7.75. The van der Waals surface area contributed by atoms with Crippen LogP contribution in [0.1, 0.15) is 13.3 Å². The minimum Gasteiger partial charge on any atom is -0.370 e. The molecule has 1 aliphatic rings. The SMILES string of the molecule is CCCN1CCN(c2ccc(N=C(N)N=C(N)N)cc2)CC1. The molecule has 0 unspecified atom stereocenters. The Hall–Kier alpha value is -2.28. The minimum atomic E-state index is -0.0946. The Balaban J connectivity index is 1.97. The molecule has 1 saturated heterocycles. The van der Waals surface area contributed by atoms with Crippen LogP contribution in [-0.2, 0) is 0 Å². The van der Waals surface area contributed by atoms with Gasteiger partial charge in [0.2, 0.25) is 5.96 Å². The Bertz CT molecular complexity index is 523. The number of aliphatic imine (C=N–C) groups is 2. The van der Waals surface area contributed by atoms with Crippen LogP contribution in [-0.4, -0.2) is 49.5 Å². The Morgan fingerprint density at radius 2 is 1.68 bits per heavy atom. The van der Waals surface area contributed by atoms with Gasteiger partial charge in [0.05, 0.1) is 5.69 Å². The zero-order chi connectivity index (χ0) is 15.9. The molecule has 7 heteroatoms. The van der Waals surface area contributed by atoms with Crippen molar-refractivity contribution in [2.24, 2.45) is 27.2 Å². The van der Waals surface area contributed by atoms with Crippen molar-refractivity contribution >= 4 is 23.3 Å². The lowest BCUT2D eigenvalue weighted by Gasteiger charge is -2.36. The molecule has 1 aliphatic heterocycles. The molecule has 0 aromatic heterocycles. The van der Waals surface area contributed by atoms with Crippen molar-refractivity contribution in [2.75, 3.05) is 37.6 Å². The molecule has 0 bridgehead atoms. The van der Waals surface area contributed by atoms with Gasteiger partial charge in [0.25, 0.3) is 0 Å². The maximum absolute atomic E-state index is 5.62. The third-order valence-electron chi connectivity index (χ3n) is 3.61. The average Bonchev–Trinajstić information content (AvgIpc) is 2.48. The molecule has 1 aromatic carbocycles. The molecule has 1 fully saturated rings. The van der Waals surface area contributed by atoms with Gasteiger partial charge in [0.15, 0.2) is 5.96 Å². The summed E-state index contributed by atoms with van der Waals surface area (Å²) in [6.07, 6.45) is 1.21. The van der Waals surface area contributed by atoms with Crippen LogP contribution in [0.15, 0.2) is 34.3 Å². The molecule has 0 spiro atoms. The van der Waals surface area contributed by atoms with Gasteiger partial charge in [-0.15, -0.1) is 0 Å². The van der Waals surface area contributed by atoms with Crippen molar-refractivity contribution < 1.29 is 0 Å². The second-order valence-electron chi connectivity index (χ2n) is 5.35. The summed E-state index contributed by atoms with van der Waals surface area (Å²) in [5.74, 6) is -0.0382. The maximum Gasteiger partial charge on any atom is 0.223 e. The molecular weight excluding hydrogens is 278 g/mol. The Kier molecular flexibility index (Phi) is 5.60. The Morgan fingerprint density at radius 1 is 1.05 bits per heavy atom. The van der Waals surface area contributed by atoms with Crippen LogP contribution in [0.25, 0.3) is 0 Å². The highest BCUT2D eigenvalue weighted by atomic mass is 15.3. The van der Waals surface area contributed by atoms with Crippen LogP contribution >= 0.6 is 0 Å². The topological polar surface area (TPSA) is 109 Å².